The quantitative estimate of drug-likeness (QED) is 0.808. The van der Waals surface area contributed by atoms with Gasteiger partial charge in [-0.1, -0.05) is 36.4 Å². The first kappa shape index (κ1) is 13.8. The summed E-state index contributed by atoms with van der Waals surface area (Å²) in [5.74, 6) is 0. The topological polar surface area (TPSA) is 23.6 Å². The molecule has 3 rings (SSSR count). The number of nitrogens with zero attached hydrogens (tertiary/aromatic N) is 2. The van der Waals surface area contributed by atoms with Crippen LogP contribution < -0.4 is 4.90 Å². The van der Waals surface area contributed by atoms with Gasteiger partial charge in [-0.3, -0.25) is 4.79 Å². The molecule has 0 N–H and O–H groups in total. The zero-order chi connectivity index (χ0) is 14.7. The third kappa shape index (κ3) is 2.98. The molecular formula is C18H20N2O. The summed E-state index contributed by atoms with van der Waals surface area (Å²) in [5.41, 5.74) is 4.18. The number of anilines is 1. The molecule has 2 aromatic rings. The van der Waals surface area contributed by atoms with Crippen molar-refractivity contribution in [1.82, 2.24) is 4.90 Å². The average Bonchev–Trinajstić information content (AvgIpc) is 2.56. The van der Waals surface area contributed by atoms with Gasteiger partial charge >= 0.3 is 0 Å². The fourth-order valence-corrected chi connectivity index (χ4v) is 2.77. The van der Waals surface area contributed by atoms with Crippen molar-refractivity contribution in [2.75, 3.05) is 38.1 Å². The molecule has 1 saturated heterocycles. The SMILES string of the molecule is CN1CCN(c2cc(-c3ccccc3)ccc2C=O)CC1. The largest absolute Gasteiger partial charge is 0.368 e. The molecule has 0 radical (unpaired) electrons. The van der Waals surface area contributed by atoms with E-state index in [0.29, 0.717) is 0 Å². The van der Waals surface area contributed by atoms with E-state index in [4.69, 9.17) is 0 Å². The maximum absolute atomic E-state index is 11.3. The van der Waals surface area contributed by atoms with Crippen molar-refractivity contribution >= 4 is 12.0 Å². The molecule has 108 valence electrons. The van der Waals surface area contributed by atoms with Crippen LogP contribution in [0.3, 0.4) is 0 Å². The molecule has 0 saturated carbocycles. The first-order valence-corrected chi connectivity index (χ1v) is 7.36. The van der Waals surface area contributed by atoms with E-state index in [9.17, 15) is 4.79 Å². The Hall–Kier alpha value is -2.13. The number of hydrogen-bond donors (Lipinski definition) is 0. The van der Waals surface area contributed by atoms with Crippen LogP contribution in [0.15, 0.2) is 48.5 Å². The number of carbonyl (C=O) groups is 1. The van der Waals surface area contributed by atoms with E-state index in [2.05, 4.69) is 35.0 Å². The minimum atomic E-state index is 0.777. The van der Waals surface area contributed by atoms with E-state index in [0.717, 1.165) is 49.3 Å². The summed E-state index contributed by atoms with van der Waals surface area (Å²) in [6.45, 7) is 4.01. The third-order valence-corrected chi connectivity index (χ3v) is 4.11. The zero-order valence-corrected chi connectivity index (χ0v) is 12.3. The lowest BCUT2D eigenvalue weighted by molar-refractivity contribution is 0.112. The molecule has 3 heteroatoms. The van der Waals surface area contributed by atoms with E-state index in [-0.39, 0.29) is 0 Å². The predicted molar refractivity (Wildman–Crippen MR) is 87.0 cm³/mol. The molecule has 2 aromatic carbocycles. The van der Waals surface area contributed by atoms with Crippen LogP contribution in [0.1, 0.15) is 10.4 Å². The number of benzene rings is 2. The maximum atomic E-state index is 11.3. The number of likely N-dealkylation sites (N-methyl/N-ethyl adjacent to an activating group) is 1. The van der Waals surface area contributed by atoms with Crippen LogP contribution in [-0.2, 0) is 0 Å². The van der Waals surface area contributed by atoms with Gasteiger partial charge in [0, 0.05) is 37.4 Å². The minimum Gasteiger partial charge on any atom is -0.368 e. The van der Waals surface area contributed by atoms with Gasteiger partial charge in [0.1, 0.15) is 0 Å². The van der Waals surface area contributed by atoms with Gasteiger partial charge in [0.2, 0.25) is 0 Å². The highest BCUT2D eigenvalue weighted by atomic mass is 16.1. The van der Waals surface area contributed by atoms with Gasteiger partial charge in [-0.15, -0.1) is 0 Å². The fourth-order valence-electron chi connectivity index (χ4n) is 2.77. The zero-order valence-electron chi connectivity index (χ0n) is 12.3. The van der Waals surface area contributed by atoms with Gasteiger partial charge < -0.3 is 9.80 Å². The second-order valence-corrected chi connectivity index (χ2v) is 5.55. The number of carbonyl (C=O) groups excluding carboxylic acids is 1. The van der Waals surface area contributed by atoms with Gasteiger partial charge in [-0.2, -0.15) is 0 Å². The van der Waals surface area contributed by atoms with Crippen LogP contribution in [0.5, 0.6) is 0 Å². The van der Waals surface area contributed by atoms with E-state index < -0.39 is 0 Å². The Morgan fingerprint density at radius 2 is 1.62 bits per heavy atom. The van der Waals surface area contributed by atoms with Crippen LogP contribution in [-0.4, -0.2) is 44.4 Å². The van der Waals surface area contributed by atoms with Crippen molar-refractivity contribution in [3.8, 4) is 11.1 Å². The van der Waals surface area contributed by atoms with Crippen LogP contribution in [0.25, 0.3) is 11.1 Å². The highest BCUT2D eigenvalue weighted by Gasteiger charge is 2.17. The van der Waals surface area contributed by atoms with Crippen LogP contribution in [0, 0.1) is 0 Å². The average molecular weight is 280 g/mol. The minimum absolute atomic E-state index is 0.777. The Balaban J connectivity index is 1.96. The Morgan fingerprint density at radius 3 is 2.29 bits per heavy atom. The Bertz CT molecular complexity index is 616. The van der Waals surface area contributed by atoms with Gasteiger partial charge in [0.15, 0.2) is 6.29 Å². The molecule has 0 bridgehead atoms. The first-order chi connectivity index (χ1) is 10.3. The van der Waals surface area contributed by atoms with Crippen molar-refractivity contribution in [3.63, 3.8) is 0 Å². The molecule has 1 aliphatic heterocycles. The molecule has 0 aliphatic carbocycles. The number of rotatable bonds is 3. The first-order valence-electron chi connectivity index (χ1n) is 7.36. The molecule has 21 heavy (non-hydrogen) atoms. The smallest absolute Gasteiger partial charge is 0.152 e. The molecule has 1 heterocycles. The Morgan fingerprint density at radius 1 is 0.905 bits per heavy atom. The normalized spacial score (nSPS) is 16.0. The van der Waals surface area contributed by atoms with Gasteiger partial charge in [0.25, 0.3) is 0 Å². The summed E-state index contributed by atoms with van der Waals surface area (Å²) in [7, 11) is 2.14. The lowest BCUT2D eigenvalue weighted by Gasteiger charge is -2.35. The lowest BCUT2D eigenvalue weighted by Crippen LogP contribution is -2.44. The third-order valence-electron chi connectivity index (χ3n) is 4.11. The molecule has 0 spiro atoms. The molecular weight excluding hydrogens is 260 g/mol. The summed E-state index contributed by atoms with van der Waals surface area (Å²) in [5, 5.41) is 0. The van der Waals surface area contributed by atoms with E-state index in [1.54, 1.807) is 0 Å². The van der Waals surface area contributed by atoms with E-state index >= 15 is 0 Å². The van der Waals surface area contributed by atoms with Crippen molar-refractivity contribution in [1.29, 1.82) is 0 Å². The standard InChI is InChI=1S/C18H20N2O/c1-19-9-11-20(12-10-19)18-13-16(7-8-17(18)14-21)15-5-3-2-4-6-15/h2-8,13-14H,9-12H2,1H3. The Labute approximate surface area is 125 Å². The molecule has 3 nitrogen and oxygen atoms in total. The van der Waals surface area contributed by atoms with Crippen molar-refractivity contribution in [3.05, 3.63) is 54.1 Å². The van der Waals surface area contributed by atoms with Crippen molar-refractivity contribution in [2.24, 2.45) is 0 Å². The number of piperazine rings is 1. The maximum Gasteiger partial charge on any atom is 0.152 e. The summed E-state index contributed by atoms with van der Waals surface area (Å²) >= 11 is 0. The van der Waals surface area contributed by atoms with Gasteiger partial charge in [-0.05, 0) is 30.3 Å². The molecule has 1 fully saturated rings. The molecule has 0 unspecified atom stereocenters. The second-order valence-electron chi connectivity index (χ2n) is 5.55. The van der Waals surface area contributed by atoms with Crippen LogP contribution in [0.4, 0.5) is 5.69 Å². The fraction of sp³-hybridized carbons (Fsp3) is 0.278. The number of hydrogen-bond acceptors (Lipinski definition) is 3. The van der Waals surface area contributed by atoms with Gasteiger partial charge in [0.05, 0.1) is 0 Å². The molecule has 0 aromatic heterocycles. The predicted octanol–water partition coefficient (Wildman–Crippen LogP) is 2.92. The highest BCUT2D eigenvalue weighted by molar-refractivity contribution is 5.87. The monoisotopic (exact) mass is 280 g/mol. The molecule has 0 atom stereocenters. The van der Waals surface area contributed by atoms with Crippen molar-refractivity contribution in [2.45, 2.75) is 0 Å². The summed E-state index contributed by atoms with van der Waals surface area (Å²) < 4.78 is 0. The Kier molecular flexibility index (Phi) is 4.02. The van der Waals surface area contributed by atoms with Gasteiger partial charge in [-0.25, -0.2) is 0 Å². The molecule has 0 amide bonds. The lowest BCUT2D eigenvalue weighted by atomic mass is 10.0. The second kappa shape index (κ2) is 6.10. The van der Waals surface area contributed by atoms with Crippen LogP contribution in [0.2, 0.25) is 0 Å². The summed E-state index contributed by atoms with van der Waals surface area (Å²) in [6.07, 6.45) is 0.961. The van der Waals surface area contributed by atoms with E-state index in [1.165, 1.54) is 5.56 Å². The van der Waals surface area contributed by atoms with Crippen LogP contribution >= 0.6 is 0 Å². The summed E-state index contributed by atoms with van der Waals surface area (Å²) in [4.78, 5) is 16.0. The number of aldehydes is 1. The highest BCUT2D eigenvalue weighted by Crippen LogP contribution is 2.28. The van der Waals surface area contributed by atoms with Crippen molar-refractivity contribution < 1.29 is 4.79 Å². The molecule has 1 aliphatic rings. The summed E-state index contributed by atoms with van der Waals surface area (Å²) in [6, 6.07) is 16.4. The van der Waals surface area contributed by atoms with E-state index in [1.807, 2.05) is 30.3 Å².